The van der Waals surface area contributed by atoms with Gasteiger partial charge in [-0.2, -0.15) is 0 Å². The van der Waals surface area contributed by atoms with E-state index in [9.17, 15) is 5.11 Å². The average molecular weight is 207 g/mol. The summed E-state index contributed by atoms with van der Waals surface area (Å²) < 4.78 is 0. The van der Waals surface area contributed by atoms with Crippen molar-refractivity contribution in [1.29, 1.82) is 0 Å². The fraction of sp³-hybridized carbons (Fsp3) is 0.538. The minimum Gasteiger partial charge on any atom is -0.387 e. The van der Waals surface area contributed by atoms with Crippen LogP contribution < -0.4 is 5.32 Å². The van der Waals surface area contributed by atoms with E-state index in [0.717, 1.165) is 18.5 Å². The summed E-state index contributed by atoms with van der Waals surface area (Å²) in [6.45, 7) is 7.83. The second-order valence-corrected chi connectivity index (χ2v) is 4.14. The molecule has 0 amide bonds. The number of rotatable bonds is 5. The number of hydrogen-bond acceptors (Lipinski definition) is 2. The zero-order valence-electron chi connectivity index (χ0n) is 9.88. The van der Waals surface area contributed by atoms with Gasteiger partial charge in [-0.15, -0.1) is 0 Å². The molecule has 0 aromatic heterocycles. The lowest BCUT2D eigenvalue weighted by molar-refractivity contribution is 0.175. The lowest BCUT2D eigenvalue weighted by Gasteiger charge is -2.13. The zero-order valence-corrected chi connectivity index (χ0v) is 9.88. The highest BCUT2D eigenvalue weighted by Crippen LogP contribution is 2.16. The SMILES string of the molecule is CCCNCC(O)c1cc(C)cc(C)c1. The van der Waals surface area contributed by atoms with E-state index in [2.05, 4.69) is 32.2 Å². The smallest absolute Gasteiger partial charge is 0.0914 e. The van der Waals surface area contributed by atoms with Crippen molar-refractivity contribution in [3.05, 3.63) is 34.9 Å². The highest BCUT2D eigenvalue weighted by Gasteiger charge is 2.07. The lowest BCUT2D eigenvalue weighted by Crippen LogP contribution is -2.22. The van der Waals surface area contributed by atoms with E-state index >= 15 is 0 Å². The summed E-state index contributed by atoms with van der Waals surface area (Å²) in [6.07, 6.45) is 0.703. The van der Waals surface area contributed by atoms with Gasteiger partial charge in [0.15, 0.2) is 0 Å². The largest absolute Gasteiger partial charge is 0.387 e. The molecule has 84 valence electrons. The molecule has 0 bridgehead atoms. The number of hydrogen-bond donors (Lipinski definition) is 2. The van der Waals surface area contributed by atoms with Crippen LogP contribution >= 0.6 is 0 Å². The molecule has 0 aliphatic heterocycles. The quantitative estimate of drug-likeness (QED) is 0.726. The van der Waals surface area contributed by atoms with Crippen molar-refractivity contribution < 1.29 is 5.11 Å². The Morgan fingerprint density at radius 3 is 2.33 bits per heavy atom. The van der Waals surface area contributed by atoms with E-state index in [1.165, 1.54) is 11.1 Å². The van der Waals surface area contributed by atoms with Gasteiger partial charge in [0.05, 0.1) is 6.10 Å². The molecule has 0 saturated heterocycles. The summed E-state index contributed by atoms with van der Waals surface area (Å²) >= 11 is 0. The Kier molecular flexibility index (Phi) is 4.79. The highest BCUT2D eigenvalue weighted by molar-refractivity contribution is 5.30. The van der Waals surface area contributed by atoms with Crippen LogP contribution in [0.3, 0.4) is 0 Å². The molecule has 1 aromatic carbocycles. The van der Waals surface area contributed by atoms with E-state index in [1.807, 2.05) is 12.1 Å². The molecule has 0 fully saturated rings. The van der Waals surface area contributed by atoms with Gasteiger partial charge < -0.3 is 10.4 Å². The van der Waals surface area contributed by atoms with Crippen LogP contribution in [0, 0.1) is 13.8 Å². The van der Waals surface area contributed by atoms with Crippen LogP contribution in [0.4, 0.5) is 0 Å². The molecule has 0 aliphatic carbocycles. The Labute approximate surface area is 92.3 Å². The molecule has 0 aliphatic rings. The first-order chi connectivity index (χ1) is 7.13. The van der Waals surface area contributed by atoms with Crippen LogP contribution in [0.5, 0.6) is 0 Å². The van der Waals surface area contributed by atoms with Crippen molar-refractivity contribution in [3.8, 4) is 0 Å². The van der Waals surface area contributed by atoms with Gasteiger partial charge in [0.2, 0.25) is 0 Å². The van der Waals surface area contributed by atoms with Crippen molar-refractivity contribution in [3.63, 3.8) is 0 Å². The van der Waals surface area contributed by atoms with Crippen molar-refractivity contribution in [1.82, 2.24) is 5.32 Å². The van der Waals surface area contributed by atoms with Crippen LogP contribution in [-0.2, 0) is 0 Å². The minimum atomic E-state index is -0.393. The number of aliphatic hydroxyl groups excluding tert-OH is 1. The fourth-order valence-electron chi connectivity index (χ4n) is 1.74. The molecule has 0 radical (unpaired) electrons. The molecule has 2 nitrogen and oxygen atoms in total. The first-order valence-electron chi connectivity index (χ1n) is 5.60. The molecule has 0 saturated carbocycles. The molecule has 1 unspecified atom stereocenters. The topological polar surface area (TPSA) is 32.3 Å². The van der Waals surface area contributed by atoms with E-state index < -0.39 is 6.10 Å². The third-order valence-corrected chi connectivity index (χ3v) is 2.39. The Morgan fingerprint density at radius 2 is 1.80 bits per heavy atom. The van der Waals surface area contributed by atoms with Gasteiger partial charge in [0, 0.05) is 6.54 Å². The second kappa shape index (κ2) is 5.89. The summed E-state index contributed by atoms with van der Waals surface area (Å²) in [6, 6.07) is 6.21. The minimum absolute atomic E-state index is 0.393. The van der Waals surface area contributed by atoms with Gasteiger partial charge in [0.1, 0.15) is 0 Å². The van der Waals surface area contributed by atoms with Gasteiger partial charge in [-0.3, -0.25) is 0 Å². The monoisotopic (exact) mass is 207 g/mol. The Balaban J connectivity index is 2.60. The lowest BCUT2D eigenvalue weighted by atomic mass is 10.0. The van der Waals surface area contributed by atoms with E-state index in [0.29, 0.717) is 6.54 Å². The number of aliphatic hydroxyl groups is 1. The standard InChI is InChI=1S/C13H21NO/c1-4-5-14-9-13(15)12-7-10(2)6-11(3)8-12/h6-8,13-15H,4-5,9H2,1-3H3. The molecule has 2 heteroatoms. The maximum Gasteiger partial charge on any atom is 0.0914 e. The molecular formula is C13H21NO. The molecule has 0 spiro atoms. The molecule has 1 rings (SSSR count). The third kappa shape index (κ3) is 4.02. The Bertz CT molecular complexity index is 289. The van der Waals surface area contributed by atoms with Crippen molar-refractivity contribution >= 4 is 0 Å². The summed E-state index contributed by atoms with van der Waals surface area (Å²) in [4.78, 5) is 0. The van der Waals surface area contributed by atoms with Gasteiger partial charge in [-0.1, -0.05) is 36.2 Å². The third-order valence-electron chi connectivity index (χ3n) is 2.39. The molecule has 1 aromatic rings. The van der Waals surface area contributed by atoms with Crippen LogP contribution in [0.25, 0.3) is 0 Å². The first-order valence-corrected chi connectivity index (χ1v) is 5.60. The molecule has 2 N–H and O–H groups in total. The maximum absolute atomic E-state index is 9.93. The predicted molar refractivity (Wildman–Crippen MR) is 64.0 cm³/mol. The van der Waals surface area contributed by atoms with Crippen LogP contribution in [-0.4, -0.2) is 18.2 Å². The highest BCUT2D eigenvalue weighted by atomic mass is 16.3. The maximum atomic E-state index is 9.93. The summed E-state index contributed by atoms with van der Waals surface area (Å²) in [5, 5.41) is 13.2. The van der Waals surface area contributed by atoms with Crippen LogP contribution in [0.1, 0.15) is 36.1 Å². The normalized spacial score (nSPS) is 12.8. The number of benzene rings is 1. The van der Waals surface area contributed by atoms with Gasteiger partial charge >= 0.3 is 0 Å². The van der Waals surface area contributed by atoms with E-state index in [4.69, 9.17) is 0 Å². The van der Waals surface area contributed by atoms with Crippen molar-refractivity contribution in [2.24, 2.45) is 0 Å². The molecule has 15 heavy (non-hydrogen) atoms. The van der Waals surface area contributed by atoms with Crippen molar-refractivity contribution in [2.45, 2.75) is 33.3 Å². The fourth-order valence-corrected chi connectivity index (χ4v) is 1.74. The second-order valence-electron chi connectivity index (χ2n) is 4.14. The van der Waals surface area contributed by atoms with Gasteiger partial charge in [-0.05, 0) is 32.4 Å². The number of aryl methyl sites for hydroxylation is 2. The molecule has 1 atom stereocenters. The van der Waals surface area contributed by atoms with Crippen molar-refractivity contribution in [2.75, 3.05) is 13.1 Å². The predicted octanol–water partition coefficient (Wildman–Crippen LogP) is 2.34. The molecular weight excluding hydrogens is 186 g/mol. The van der Waals surface area contributed by atoms with E-state index in [1.54, 1.807) is 0 Å². The van der Waals surface area contributed by atoms with E-state index in [-0.39, 0.29) is 0 Å². The Hall–Kier alpha value is -0.860. The summed E-state index contributed by atoms with van der Waals surface area (Å²) in [5.74, 6) is 0. The molecule has 0 heterocycles. The number of nitrogens with one attached hydrogen (secondary N) is 1. The van der Waals surface area contributed by atoms with Gasteiger partial charge in [0.25, 0.3) is 0 Å². The summed E-state index contributed by atoms with van der Waals surface area (Å²) in [7, 11) is 0. The zero-order chi connectivity index (χ0) is 11.3. The first kappa shape index (κ1) is 12.2. The van der Waals surface area contributed by atoms with Gasteiger partial charge in [-0.25, -0.2) is 0 Å². The average Bonchev–Trinajstić information content (AvgIpc) is 2.16. The van der Waals surface area contributed by atoms with Crippen LogP contribution in [0.15, 0.2) is 18.2 Å². The Morgan fingerprint density at radius 1 is 1.20 bits per heavy atom. The summed E-state index contributed by atoms with van der Waals surface area (Å²) in [5.41, 5.74) is 3.43. The van der Waals surface area contributed by atoms with Crippen LogP contribution in [0.2, 0.25) is 0 Å².